The fourth-order valence-corrected chi connectivity index (χ4v) is 4.03. The van der Waals surface area contributed by atoms with Crippen molar-refractivity contribution >= 4 is 28.9 Å². The van der Waals surface area contributed by atoms with Gasteiger partial charge in [-0.3, -0.25) is 14.9 Å². The second-order valence-corrected chi connectivity index (χ2v) is 8.26. The topological polar surface area (TPSA) is 85.2 Å². The first-order chi connectivity index (χ1) is 16.4. The molecule has 0 spiro atoms. The number of hydrogen-bond acceptors (Lipinski definition) is 6. The number of amides is 1. The quantitative estimate of drug-likeness (QED) is 0.346. The van der Waals surface area contributed by atoms with E-state index in [0.29, 0.717) is 24.4 Å². The predicted octanol–water partition coefficient (Wildman–Crippen LogP) is 5.40. The first-order valence-corrected chi connectivity index (χ1v) is 11.2. The minimum absolute atomic E-state index is 0.0550. The van der Waals surface area contributed by atoms with E-state index in [9.17, 15) is 14.9 Å². The first kappa shape index (κ1) is 23.4. The van der Waals surface area contributed by atoms with Gasteiger partial charge in [0.1, 0.15) is 11.5 Å². The molecule has 1 aliphatic rings. The third-order valence-corrected chi connectivity index (χ3v) is 5.90. The van der Waals surface area contributed by atoms with Crippen molar-refractivity contribution in [3.8, 4) is 17.2 Å². The average Bonchev–Trinajstić information content (AvgIpc) is 3.11. The molecule has 0 radical (unpaired) electrons. The number of carbonyl (C=O) groups is 1. The van der Waals surface area contributed by atoms with Crippen LogP contribution in [0.3, 0.4) is 0 Å². The van der Waals surface area contributed by atoms with Gasteiger partial charge in [0.15, 0.2) is 0 Å². The fourth-order valence-electron chi connectivity index (χ4n) is 3.87. The molecule has 3 aromatic rings. The van der Waals surface area contributed by atoms with Gasteiger partial charge in [-0.25, -0.2) is 0 Å². The summed E-state index contributed by atoms with van der Waals surface area (Å²) in [6.45, 7) is 2.88. The van der Waals surface area contributed by atoms with Crippen LogP contribution < -0.4 is 14.4 Å². The lowest BCUT2D eigenvalue weighted by Gasteiger charge is -2.24. The lowest BCUT2D eigenvalue weighted by molar-refractivity contribution is -0.385. The Morgan fingerprint density at radius 2 is 1.65 bits per heavy atom. The van der Waals surface area contributed by atoms with Crippen molar-refractivity contribution in [1.29, 1.82) is 0 Å². The highest BCUT2D eigenvalue weighted by Gasteiger charge is 2.21. The summed E-state index contributed by atoms with van der Waals surface area (Å²) in [4.78, 5) is 27.9. The summed E-state index contributed by atoms with van der Waals surface area (Å²) in [6, 6.07) is 18.7. The van der Waals surface area contributed by atoms with Crippen molar-refractivity contribution in [2.24, 2.45) is 0 Å². The van der Waals surface area contributed by atoms with Crippen LogP contribution in [0.1, 0.15) is 16.8 Å². The Morgan fingerprint density at radius 3 is 2.32 bits per heavy atom. The van der Waals surface area contributed by atoms with E-state index in [2.05, 4.69) is 4.90 Å². The molecule has 9 heteroatoms. The standard InChI is InChI=1S/C25H24ClN3O5/c1-33-21-10-6-20(7-11-21)27-13-2-14-28(16-15-27)25(30)18-3-8-22(9-4-18)34-24-12-5-19(26)17-23(24)29(31)32/h3-12,17H,2,13-16H2,1H3. The van der Waals surface area contributed by atoms with Crippen molar-refractivity contribution in [1.82, 2.24) is 4.90 Å². The van der Waals surface area contributed by atoms with Gasteiger partial charge in [0.05, 0.1) is 12.0 Å². The molecule has 1 saturated heterocycles. The molecule has 0 aliphatic carbocycles. The maximum absolute atomic E-state index is 13.1. The zero-order chi connectivity index (χ0) is 24.1. The van der Waals surface area contributed by atoms with Crippen LogP contribution in [0.5, 0.6) is 17.2 Å². The number of anilines is 1. The molecule has 1 amide bonds. The van der Waals surface area contributed by atoms with Gasteiger partial charge in [0.25, 0.3) is 5.91 Å². The van der Waals surface area contributed by atoms with Crippen molar-refractivity contribution in [2.45, 2.75) is 6.42 Å². The van der Waals surface area contributed by atoms with Crippen LogP contribution >= 0.6 is 11.6 Å². The second-order valence-electron chi connectivity index (χ2n) is 7.83. The molecule has 0 saturated carbocycles. The van der Waals surface area contributed by atoms with E-state index in [1.54, 1.807) is 31.4 Å². The number of methoxy groups -OCH3 is 1. The molecule has 1 heterocycles. The highest BCUT2D eigenvalue weighted by molar-refractivity contribution is 6.30. The molecule has 4 rings (SSSR count). The van der Waals surface area contributed by atoms with Gasteiger partial charge in [-0.05, 0) is 67.1 Å². The Bertz CT molecular complexity index is 1170. The lowest BCUT2D eigenvalue weighted by atomic mass is 10.2. The highest BCUT2D eigenvalue weighted by Crippen LogP contribution is 2.33. The lowest BCUT2D eigenvalue weighted by Crippen LogP contribution is -2.35. The number of nitro benzene ring substituents is 1. The molecule has 3 aromatic carbocycles. The molecular weight excluding hydrogens is 458 g/mol. The van der Waals surface area contributed by atoms with Gasteiger partial charge in [0.2, 0.25) is 5.75 Å². The van der Waals surface area contributed by atoms with Gasteiger partial charge < -0.3 is 19.3 Å². The van der Waals surface area contributed by atoms with Crippen LogP contribution in [-0.2, 0) is 0 Å². The summed E-state index contributed by atoms with van der Waals surface area (Å²) < 4.78 is 10.9. The van der Waals surface area contributed by atoms with Crippen LogP contribution in [-0.4, -0.2) is 49.0 Å². The summed E-state index contributed by atoms with van der Waals surface area (Å²) >= 11 is 5.85. The van der Waals surface area contributed by atoms with E-state index >= 15 is 0 Å². The summed E-state index contributed by atoms with van der Waals surface area (Å²) in [5.74, 6) is 1.23. The number of carbonyl (C=O) groups excluding carboxylic acids is 1. The Kier molecular flexibility index (Phi) is 7.18. The van der Waals surface area contributed by atoms with Crippen molar-refractivity contribution in [3.63, 3.8) is 0 Å². The molecule has 1 fully saturated rings. The van der Waals surface area contributed by atoms with Crippen LogP contribution in [0, 0.1) is 10.1 Å². The molecule has 1 aliphatic heterocycles. The summed E-state index contributed by atoms with van der Waals surface area (Å²) in [5.41, 5.74) is 1.42. The number of benzene rings is 3. The number of halogens is 1. The van der Waals surface area contributed by atoms with E-state index in [1.807, 2.05) is 29.2 Å². The minimum atomic E-state index is -0.548. The zero-order valence-electron chi connectivity index (χ0n) is 18.6. The van der Waals surface area contributed by atoms with E-state index in [0.717, 1.165) is 30.9 Å². The van der Waals surface area contributed by atoms with Gasteiger partial charge in [-0.1, -0.05) is 11.6 Å². The molecule has 0 bridgehead atoms. The SMILES string of the molecule is COc1ccc(N2CCCN(C(=O)c3ccc(Oc4ccc(Cl)cc4[N+](=O)[O-])cc3)CC2)cc1. The molecular formula is C25H24ClN3O5. The fraction of sp³-hybridized carbons (Fsp3) is 0.240. The Morgan fingerprint density at radius 1 is 0.941 bits per heavy atom. The molecule has 0 atom stereocenters. The summed E-state index contributed by atoms with van der Waals surface area (Å²) in [5, 5.41) is 11.5. The van der Waals surface area contributed by atoms with Crippen molar-refractivity contribution < 1.29 is 19.2 Å². The highest BCUT2D eigenvalue weighted by atomic mass is 35.5. The largest absolute Gasteiger partial charge is 0.497 e. The van der Waals surface area contributed by atoms with Gasteiger partial charge in [0, 0.05) is 48.5 Å². The normalized spacial score (nSPS) is 13.8. The Labute approximate surface area is 202 Å². The molecule has 0 aromatic heterocycles. The minimum Gasteiger partial charge on any atom is -0.497 e. The van der Waals surface area contributed by atoms with E-state index in [1.165, 1.54) is 18.2 Å². The number of ether oxygens (including phenoxy) is 2. The first-order valence-electron chi connectivity index (χ1n) is 10.8. The summed E-state index contributed by atoms with van der Waals surface area (Å²) in [7, 11) is 1.64. The average molecular weight is 482 g/mol. The smallest absolute Gasteiger partial charge is 0.313 e. The molecule has 0 unspecified atom stereocenters. The van der Waals surface area contributed by atoms with Gasteiger partial charge >= 0.3 is 5.69 Å². The Hall–Kier alpha value is -3.78. The zero-order valence-corrected chi connectivity index (χ0v) is 19.4. The maximum atomic E-state index is 13.1. The van der Waals surface area contributed by atoms with Crippen LogP contribution in [0.15, 0.2) is 66.7 Å². The number of rotatable bonds is 6. The number of nitro groups is 1. The van der Waals surface area contributed by atoms with Gasteiger partial charge in [-0.2, -0.15) is 0 Å². The van der Waals surface area contributed by atoms with Crippen molar-refractivity contribution in [2.75, 3.05) is 38.2 Å². The predicted molar refractivity (Wildman–Crippen MR) is 130 cm³/mol. The summed E-state index contributed by atoms with van der Waals surface area (Å²) in [6.07, 6.45) is 0.860. The second kappa shape index (κ2) is 10.4. The third-order valence-electron chi connectivity index (χ3n) is 5.67. The monoisotopic (exact) mass is 481 g/mol. The number of hydrogen-bond donors (Lipinski definition) is 0. The Balaban J connectivity index is 1.40. The van der Waals surface area contributed by atoms with E-state index in [4.69, 9.17) is 21.1 Å². The maximum Gasteiger partial charge on any atom is 0.313 e. The molecule has 0 N–H and O–H groups in total. The van der Waals surface area contributed by atoms with E-state index < -0.39 is 4.92 Å². The molecule has 8 nitrogen and oxygen atoms in total. The molecule has 34 heavy (non-hydrogen) atoms. The number of nitrogens with zero attached hydrogens (tertiary/aromatic N) is 3. The third kappa shape index (κ3) is 5.40. The van der Waals surface area contributed by atoms with Crippen molar-refractivity contribution in [3.05, 3.63) is 87.4 Å². The van der Waals surface area contributed by atoms with Crippen LogP contribution in [0.4, 0.5) is 11.4 Å². The molecule has 176 valence electrons. The van der Waals surface area contributed by atoms with Crippen LogP contribution in [0.25, 0.3) is 0 Å². The van der Waals surface area contributed by atoms with E-state index in [-0.39, 0.29) is 22.4 Å². The van der Waals surface area contributed by atoms with Crippen LogP contribution in [0.2, 0.25) is 5.02 Å². The van der Waals surface area contributed by atoms with Gasteiger partial charge in [-0.15, -0.1) is 0 Å².